The molecule has 0 nitrogen and oxygen atoms in total. The lowest BCUT2D eigenvalue weighted by atomic mass is 9.83. The third-order valence-corrected chi connectivity index (χ3v) is 11.5. The largest absolute Gasteiger partial charge is 0.135 e. The predicted octanol–water partition coefficient (Wildman–Crippen LogP) is 14.1. The van der Waals surface area contributed by atoms with Gasteiger partial charge in [0.1, 0.15) is 0 Å². The molecule has 0 aliphatic heterocycles. The van der Waals surface area contributed by atoms with Gasteiger partial charge >= 0.3 is 0 Å². The molecular formula is C49H32S. The molecule has 1 heteroatoms. The molecule has 0 N–H and O–H groups in total. The van der Waals surface area contributed by atoms with Gasteiger partial charge < -0.3 is 0 Å². The molecule has 0 fully saturated rings. The van der Waals surface area contributed by atoms with Crippen LogP contribution in [-0.2, 0) is 6.42 Å². The molecule has 0 aliphatic rings. The first-order valence-electron chi connectivity index (χ1n) is 17.3. The zero-order valence-electron chi connectivity index (χ0n) is 27.4. The molecule has 9 aromatic carbocycles. The molecule has 234 valence electrons. The number of hydrogen-bond acceptors (Lipinski definition) is 1. The highest BCUT2D eigenvalue weighted by atomic mass is 32.1. The summed E-state index contributed by atoms with van der Waals surface area (Å²) >= 11 is 1.88. The third kappa shape index (κ3) is 4.66. The van der Waals surface area contributed by atoms with Crippen molar-refractivity contribution in [3.8, 4) is 33.4 Å². The van der Waals surface area contributed by atoms with Crippen LogP contribution in [0.3, 0.4) is 0 Å². The molecule has 1 aromatic heterocycles. The molecule has 10 aromatic rings. The van der Waals surface area contributed by atoms with E-state index in [2.05, 4.69) is 182 Å². The second kappa shape index (κ2) is 11.8. The Balaban J connectivity index is 1.20. The van der Waals surface area contributed by atoms with Crippen molar-refractivity contribution >= 4 is 63.8 Å². The highest BCUT2D eigenvalue weighted by molar-refractivity contribution is 7.25. The van der Waals surface area contributed by atoms with Gasteiger partial charge in [0.25, 0.3) is 0 Å². The highest BCUT2D eigenvalue weighted by Gasteiger charge is 2.19. The Bertz CT molecular complexity index is 2840. The number of rotatable bonds is 5. The molecule has 0 spiro atoms. The van der Waals surface area contributed by atoms with Gasteiger partial charge in [-0.05, 0) is 101 Å². The molecule has 0 bridgehead atoms. The minimum atomic E-state index is 0.837. The average Bonchev–Trinajstić information content (AvgIpc) is 3.57. The quantitative estimate of drug-likeness (QED) is 0.162. The first-order chi connectivity index (χ1) is 24.8. The van der Waals surface area contributed by atoms with Gasteiger partial charge in [-0.1, -0.05) is 164 Å². The average molecular weight is 653 g/mol. The van der Waals surface area contributed by atoms with Crippen LogP contribution in [0.2, 0.25) is 0 Å². The topological polar surface area (TPSA) is 0 Å². The summed E-state index contributed by atoms with van der Waals surface area (Å²) in [5.41, 5.74) is 10.4. The molecule has 0 saturated carbocycles. The van der Waals surface area contributed by atoms with Gasteiger partial charge in [0.15, 0.2) is 0 Å². The molecule has 50 heavy (non-hydrogen) atoms. The van der Waals surface area contributed by atoms with Crippen LogP contribution in [0.5, 0.6) is 0 Å². The Labute approximate surface area is 295 Å². The fourth-order valence-corrected chi connectivity index (χ4v) is 9.26. The normalized spacial score (nSPS) is 11.7. The molecule has 0 amide bonds. The number of fused-ring (bicyclic) bond motifs is 6. The first kappa shape index (κ1) is 28.9. The Morgan fingerprint density at radius 2 is 0.960 bits per heavy atom. The summed E-state index contributed by atoms with van der Waals surface area (Å²) in [6, 6.07) is 67.1. The fourth-order valence-electron chi connectivity index (χ4n) is 8.13. The van der Waals surface area contributed by atoms with Gasteiger partial charge in [0, 0.05) is 20.2 Å². The molecule has 10 rings (SSSR count). The van der Waals surface area contributed by atoms with E-state index in [1.165, 1.54) is 97.0 Å². The molecule has 0 radical (unpaired) electrons. The van der Waals surface area contributed by atoms with Crippen molar-refractivity contribution < 1.29 is 0 Å². The molecule has 1 heterocycles. The van der Waals surface area contributed by atoms with E-state index in [1.807, 2.05) is 11.3 Å². The predicted molar refractivity (Wildman–Crippen MR) is 217 cm³/mol. The van der Waals surface area contributed by atoms with Crippen LogP contribution in [0, 0.1) is 0 Å². The van der Waals surface area contributed by atoms with E-state index in [1.54, 1.807) is 0 Å². The third-order valence-electron chi connectivity index (χ3n) is 10.4. The minimum Gasteiger partial charge on any atom is -0.135 e. The number of thiophene rings is 1. The maximum atomic E-state index is 2.38. The summed E-state index contributed by atoms with van der Waals surface area (Å²) in [4.78, 5) is 0. The summed E-state index contributed by atoms with van der Waals surface area (Å²) in [5, 5.41) is 10.4. The van der Waals surface area contributed by atoms with Crippen molar-refractivity contribution in [3.05, 3.63) is 193 Å². The van der Waals surface area contributed by atoms with E-state index in [4.69, 9.17) is 0 Å². The fraction of sp³-hybridized carbons (Fsp3) is 0.0204. The zero-order chi connectivity index (χ0) is 33.0. The summed E-state index contributed by atoms with van der Waals surface area (Å²) in [7, 11) is 0. The lowest BCUT2D eigenvalue weighted by molar-refractivity contribution is 1.23. The zero-order valence-corrected chi connectivity index (χ0v) is 28.3. The van der Waals surface area contributed by atoms with E-state index < -0.39 is 0 Å². The Morgan fingerprint density at radius 1 is 0.360 bits per heavy atom. The van der Waals surface area contributed by atoms with E-state index in [0.29, 0.717) is 0 Å². The molecule has 0 atom stereocenters. The van der Waals surface area contributed by atoms with Crippen molar-refractivity contribution in [2.75, 3.05) is 0 Å². The van der Waals surface area contributed by atoms with Crippen molar-refractivity contribution in [2.45, 2.75) is 6.42 Å². The van der Waals surface area contributed by atoms with Gasteiger partial charge in [-0.2, -0.15) is 0 Å². The Kier molecular flexibility index (Phi) is 6.85. The number of benzene rings is 9. The van der Waals surface area contributed by atoms with Crippen molar-refractivity contribution in [3.63, 3.8) is 0 Å². The molecular weight excluding hydrogens is 621 g/mol. The molecule has 0 unspecified atom stereocenters. The van der Waals surface area contributed by atoms with Crippen LogP contribution in [0.4, 0.5) is 0 Å². The van der Waals surface area contributed by atoms with Crippen LogP contribution in [0.15, 0.2) is 182 Å². The van der Waals surface area contributed by atoms with Crippen LogP contribution in [0.1, 0.15) is 11.1 Å². The van der Waals surface area contributed by atoms with Crippen LogP contribution >= 0.6 is 11.3 Å². The standard InChI is InChI=1S/C49H32S/c1-2-14-32(15-3-1)34-29-28-33-17-12-24-42(44(33)30-34)48-40-21-8-6-19-37(40)45(38-20-7-9-22-41(38)48)31-35-16-4-5-18-36(35)39-25-13-27-47-49(39)43-23-10-11-26-46(43)50-47/h1-30H,31H2. The van der Waals surface area contributed by atoms with Gasteiger partial charge in [-0.15, -0.1) is 11.3 Å². The van der Waals surface area contributed by atoms with Crippen LogP contribution in [0.25, 0.3) is 85.9 Å². The molecule has 0 aliphatic carbocycles. The monoisotopic (exact) mass is 652 g/mol. The Hall–Kier alpha value is -6.02. The second-order valence-electron chi connectivity index (χ2n) is 13.2. The van der Waals surface area contributed by atoms with E-state index in [9.17, 15) is 0 Å². The number of hydrogen-bond donors (Lipinski definition) is 0. The smallest absolute Gasteiger partial charge is 0.0361 e. The van der Waals surface area contributed by atoms with Gasteiger partial charge in [0.2, 0.25) is 0 Å². The maximum absolute atomic E-state index is 2.38. The summed E-state index contributed by atoms with van der Waals surface area (Å²) < 4.78 is 2.67. The van der Waals surface area contributed by atoms with Crippen molar-refractivity contribution in [1.29, 1.82) is 0 Å². The SMILES string of the molecule is c1ccc(-c2ccc3cccc(-c4c5ccccc5c(Cc5ccccc5-c5cccc6sc7ccccc7c56)c5ccccc45)c3c2)cc1. The first-order valence-corrected chi connectivity index (χ1v) is 18.1. The summed E-state index contributed by atoms with van der Waals surface area (Å²) in [5.74, 6) is 0. The minimum absolute atomic E-state index is 0.837. The second-order valence-corrected chi connectivity index (χ2v) is 14.2. The van der Waals surface area contributed by atoms with Gasteiger partial charge in [0.05, 0.1) is 0 Å². The van der Waals surface area contributed by atoms with Crippen molar-refractivity contribution in [2.24, 2.45) is 0 Å². The Morgan fingerprint density at radius 3 is 1.76 bits per heavy atom. The lowest BCUT2D eigenvalue weighted by Crippen LogP contribution is -1.97. The summed E-state index contributed by atoms with van der Waals surface area (Å²) in [6.45, 7) is 0. The van der Waals surface area contributed by atoms with Gasteiger partial charge in [-0.3, -0.25) is 0 Å². The lowest BCUT2D eigenvalue weighted by Gasteiger charge is -2.20. The van der Waals surface area contributed by atoms with Gasteiger partial charge in [-0.25, -0.2) is 0 Å². The maximum Gasteiger partial charge on any atom is 0.0361 e. The van der Waals surface area contributed by atoms with Crippen LogP contribution in [-0.4, -0.2) is 0 Å². The van der Waals surface area contributed by atoms with E-state index >= 15 is 0 Å². The van der Waals surface area contributed by atoms with Crippen LogP contribution < -0.4 is 0 Å². The van der Waals surface area contributed by atoms with E-state index in [-0.39, 0.29) is 0 Å². The summed E-state index contributed by atoms with van der Waals surface area (Å²) in [6.07, 6.45) is 0.837. The molecule has 0 saturated heterocycles. The highest BCUT2D eigenvalue weighted by Crippen LogP contribution is 2.45. The van der Waals surface area contributed by atoms with E-state index in [0.717, 1.165) is 6.42 Å². The van der Waals surface area contributed by atoms with Crippen molar-refractivity contribution in [1.82, 2.24) is 0 Å².